The molecule has 1 amide bonds. The lowest BCUT2D eigenvalue weighted by Crippen LogP contribution is -2.40. The van der Waals surface area contributed by atoms with Gasteiger partial charge in [-0.05, 0) is 49.4 Å². The highest BCUT2D eigenvalue weighted by Gasteiger charge is 2.68. The van der Waals surface area contributed by atoms with Crippen LogP contribution in [0.15, 0.2) is 30.3 Å². The molecule has 2 aromatic carbocycles. The monoisotopic (exact) mass is 591 g/mol. The molecule has 0 bridgehead atoms. The number of carbonyl (C=O) groups excluding carboxylic acids is 1. The van der Waals surface area contributed by atoms with Gasteiger partial charge in [-0.1, -0.05) is 17.7 Å². The number of hydrogen-bond acceptors (Lipinski definition) is 4. The van der Waals surface area contributed by atoms with Gasteiger partial charge in [0.15, 0.2) is 0 Å². The van der Waals surface area contributed by atoms with E-state index in [1.54, 1.807) is 34.7 Å². The first-order valence-electron chi connectivity index (χ1n) is 12.6. The van der Waals surface area contributed by atoms with E-state index in [2.05, 4.69) is 15.6 Å². The van der Waals surface area contributed by atoms with Gasteiger partial charge < -0.3 is 20.1 Å². The summed E-state index contributed by atoms with van der Waals surface area (Å²) in [6.45, 7) is -0.0121. The number of nitrogens with one attached hydrogen (secondary N) is 2. The zero-order valence-corrected chi connectivity index (χ0v) is 21.9. The molecule has 2 heterocycles. The third-order valence-electron chi connectivity index (χ3n) is 7.71. The van der Waals surface area contributed by atoms with Gasteiger partial charge in [0.25, 0.3) is 0 Å². The number of aryl methyl sites for hydroxylation is 1. The van der Waals surface area contributed by atoms with Crippen LogP contribution in [0.25, 0.3) is 11.0 Å². The predicted molar refractivity (Wildman–Crippen MR) is 136 cm³/mol. The predicted octanol–water partition coefficient (Wildman–Crippen LogP) is 6.85. The van der Waals surface area contributed by atoms with E-state index in [0.717, 1.165) is 0 Å². The highest BCUT2D eigenvalue weighted by Crippen LogP contribution is 2.57. The van der Waals surface area contributed by atoms with Crippen LogP contribution in [0.5, 0.6) is 0 Å². The van der Waals surface area contributed by atoms with Crippen molar-refractivity contribution in [1.29, 1.82) is 0 Å². The Morgan fingerprint density at radius 3 is 2.38 bits per heavy atom. The van der Waals surface area contributed by atoms with Gasteiger partial charge in [-0.2, -0.15) is 26.3 Å². The van der Waals surface area contributed by atoms with Crippen molar-refractivity contribution in [3.8, 4) is 0 Å². The molecule has 1 aliphatic heterocycles. The number of anilines is 3. The molecular formula is C26H25ClF7N5O. The molecule has 6 nitrogen and oxygen atoms in total. The number of fused-ring (bicyclic) bond motifs is 1. The molecule has 3 aromatic rings. The van der Waals surface area contributed by atoms with E-state index in [9.17, 15) is 35.5 Å². The summed E-state index contributed by atoms with van der Waals surface area (Å²) in [5.41, 5.74) is -0.455. The molecule has 216 valence electrons. The average molecular weight is 592 g/mol. The Kier molecular flexibility index (Phi) is 7.08. The Morgan fingerprint density at radius 1 is 1.10 bits per heavy atom. The molecule has 0 spiro atoms. The lowest BCUT2D eigenvalue weighted by molar-refractivity contribution is -0.192. The molecule has 1 saturated carbocycles. The van der Waals surface area contributed by atoms with Gasteiger partial charge in [0.2, 0.25) is 11.9 Å². The van der Waals surface area contributed by atoms with Crippen LogP contribution >= 0.6 is 11.6 Å². The SMILES string of the molecule is Cn1c(Nc2cc(CNC(=O)C3(C(F)(F)F)CC3)ccc2Cl)nc2cc(F)c(N3CCC(C(F)(F)F)CC3)cc21. The van der Waals surface area contributed by atoms with Gasteiger partial charge >= 0.3 is 12.4 Å². The molecule has 1 saturated heterocycles. The molecule has 2 fully saturated rings. The van der Waals surface area contributed by atoms with Crippen molar-refractivity contribution >= 4 is 45.9 Å². The van der Waals surface area contributed by atoms with Crippen molar-refractivity contribution in [1.82, 2.24) is 14.9 Å². The summed E-state index contributed by atoms with van der Waals surface area (Å²) in [5, 5.41) is 5.65. The number of aromatic nitrogens is 2. The molecular weight excluding hydrogens is 567 g/mol. The number of piperidine rings is 1. The number of nitrogens with zero attached hydrogens (tertiary/aromatic N) is 3. The second-order valence-electron chi connectivity index (χ2n) is 10.3. The maximum absolute atomic E-state index is 15.0. The summed E-state index contributed by atoms with van der Waals surface area (Å²) in [5.74, 6) is -2.80. The van der Waals surface area contributed by atoms with Crippen LogP contribution in [0.1, 0.15) is 31.2 Å². The molecule has 1 aromatic heterocycles. The Hall–Kier alpha value is -3.22. The molecule has 1 aliphatic carbocycles. The first-order chi connectivity index (χ1) is 18.7. The number of halogens is 8. The fraction of sp³-hybridized carbons (Fsp3) is 0.462. The Balaban J connectivity index is 1.32. The fourth-order valence-corrected chi connectivity index (χ4v) is 5.18. The van der Waals surface area contributed by atoms with Gasteiger partial charge in [0.1, 0.15) is 11.2 Å². The normalized spacial score (nSPS) is 17.8. The first kappa shape index (κ1) is 28.3. The smallest absolute Gasteiger partial charge is 0.369 e. The summed E-state index contributed by atoms with van der Waals surface area (Å²) in [4.78, 5) is 18.2. The van der Waals surface area contributed by atoms with Crippen molar-refractivity contribution in [3.63, 3.8) is 0 Å². The molecule has 0 radical (unpaired) electrons. The maximum atomic E-state index is 15.0. The van der Waals surface area contributed by atoms with Crippen molar-refractivity contribution in [2.75, 3.05) is 23.3 Å². The van der Waals surface area contributed by atoms with E-state index in [1.165, 1.54) is 12.1 Å². The quantitative estimate of drug-likeness (QED) is 0.308. The zero-order valence-electron chi connectivity index (χ0n) is 21.2. The minimum absolute atomic E-state index is 0.0680. The van der Waals surface area contributed by atoms with Crippen LogP contribution < -0.4 is 15.5 Å². The van der Waals surface area contributed by atoms with Crippen LogP contribution in [0.4, 0.5) is 48.1 Å². The molecule has 0 atom stereocenters. The Morgan fingerprint density at radius 2 is 1.77 bits per heavy atom. The van der Waals surface area contributed by atoms with E-state index in [-0.39, 0.29) is 62.0 Å². The van der Waals surface area contributed by atoms with E-state index in [0.29, 0.717) is 22.3 Å². The minimum atomic E-state index is -4.61. The van der Waals surface area contributed by atoms with Gasteiger partial charge in [-0.25, -0.2) is 9.37 Å². The van der Waals surface area contributed by atoms with Crippen molar-refractivity contribution in [3.05, 3.63) is 46.7 Å². The standard InChI is InChI=1S/C26H25ClF7N5O/c1-38-21-12-20(39-8-4-15(5-9-39)25(29,30)31)17(28)11-19(21)37-23(38)36-18-10-14(2-3-16(18)27)13-35-22(40)24(6-7-24)26(32,33)34/h2-3,10-12,15H,4-9,13H2,1H3,(H,35,40)(H,36,37). The Bertz CT molecular complexity index is 1440. The minimum Gasteiger partial charge on any atom is -0.369 e. The second-order valence-corrected chi connectivity index (χ2v) is 10.7. The van der Waals surface area contributed by atoms with E-state index in [4.69, 9.17) is 11.6 Å². The molecule has 40 heavy (non-hydrogen) atoms. The second kappa shape index (κ2) is 10.0. The lowest BCUT2D eigenvalue weighted by atomic mass is 9.96. The van der Waals surface area contributed by atoms with Crippen LogP contribution in [-0.4, -0.2) is 40.9 Å². The van der Waals surface area contributed by atoms with E-state index >= 15 is 0 Å². The van der Waals surface area contributed by atoms with Crippen LogP contribution in [-0.2, 0) is 18.4 Å². The van der Waals surface area contributed by atoms with Crippen LogP contribution in [0, 0.1) is 17.2 Å². The third kappa shape index (κ3) is 5.27. The molecule has 2 aliphatic rings. The molecule has 5 rings (SSSR count). The summed E-state index contributed by atoms with van der Waals surface area (Å²) >= 11 is 6.32. The van der Waals surface area contributed by atoms with Crippen molar-refractivity contribution in [2.45, 2.75) is 44.6 Å². The van der Waals surface area contributed by atoms with E-state index < -0.39 is 35.4 Å². The summed E-state index contributed by atoms with van der Waals surface area (Å²) < 4.78 is 95.3. The summed E-state index contributed by atoms with van der Waals surface area (Å²) in [6, 6.07) is 7.41. The third-order valence-corrected chi connectivity index (χ3v) is 8.04. The number of hydrogen-bond donors (Lipinski definition) is 2. The zero-order chi connectivity index (χ0) is 29.0. The van der Waals surface area contributed by atoms with E-state index in [1.807, 2.05) is 0 Å². The maximum Gasteiger partial charge on any atom is 0.403 e. The molecule has 14 heteroatoms. The van der Waals surface area contributed by atoms with Gasteiger partial charge in [-0.3, -0.25) is 4.79 Å². The average Bonchev–Trinajstić information content (AvgIpc) is 3.65. The number of amides is 1. The van der Waals surface area contributed by atoms with Crippen molar-refractivity contribution < 1.29 is 35.5 Å². The molecule has 0 unspecified atom stereocenters. The van der Waals surface area contributed by atoms with Crippen molar-refractivity contribution in [2.24, 2.45) is 18.4 Å². The van der Waals surface area contributed by atoms with Crippen LogP contribution in [0.2, 0.25) is 5.02 Å². The highest BCUT2D eigenvalue weighted by atomic mass is 35.5. The molecule has 2 N–H and O–H groups in total. The number of imidazole rings is 1. The van der Waals surface area contributed by atoms with Gasteiger partial charge in [-0.15, -0.1) is 0 Å². The summed E-state index contributed by atoms with van der Waals surface area (Å²) in [6.07, 6.45) is -9.60. The first-order valence-corrected chi connectivity index (χ1v) is 13.0. The summed E-state index contributed by atoms with van der Waals surface area (Å²) in [7, 11) is 1.67. The topological polar surface area (TPSA) is 62.2 Å². The number of benzene rings is 2. The Labute approximate surface area is 229 Å². The largest absolute Gasteiger partial charge is 0.403 e. The van der Waals surface area contributed by atoms with Gasteiger partial charge in [0, 0.05) is 32.7 Å². The fourth-order valence-electron chi connectivity index (χ4n) is 5.02. The number of carbonyl (C=O) groups is 1. The highest BCUT2D eigenvalue weighted by molar-refractivity contribution is 6.33. The van der Waals surface area contributed by atoms with Crippen LogP contribution in [0.3, 0.4) is 0 Å². The van der Waals surface area contributed by atoms with Gasteiger partial charge in [0.05, 0.1) is 33.3 Å². The number of alkyl halides is 6. The lowest BCUT2D eigenvalue weighted by Gasteiger charge is -2.34. The number of rotatable bonds is 6.